The van der Waals surface area contributed by atoms with E-state index < -0.39 is 5.97 Å². The van der Waals surface area contributed by atoms with Crippen LogP contribution in [0.15, 0.2) is 30.3 Å². The number of hydrogen-bond acceptors (Lipinski definition) is 3. The first-order chi connectivity index (χ1) is 9.99. The van der Waals surface area contributed by atoms with Crippen molar-refractivity contribution in [3.63, 3.8) is 0 Å². The maximum atomic E-state index is 12.1. The van der Waals surface area contributed by atoms with E-state index in [9.17, 15) is 9.59 Å². The number of rotatable bonds is 9. The van der Waals surface area contributed by atoms with E-state index in [0.29, 0.717) is 18.2 Å². The number of carbonyl (C=O) groups excluding carboxylic acids is 1. The Morgan fingerprint density at radius 2 is 1.86 bits per heavy atom. The predicted octanol–water partition coefficient (Wildman–Crippen LogP) is 2.41. The average molecular weight is 293 g/mol. The van der Waals surface area contributed by atoms with Gasteiger partial charge in [-0.25, -0.2) is 0 Å². The predicted molar refractivity (Wildman–Crippen MR) is 80.2 cm³/mol. The van der Waals surface area contributed by atoms with Gasteiger partial charge in [0.05, 0.1) is 6.42 Å². The van der Waals surface area contributed by atoms with Gasteiger partial charge in [-0.3, -0.25) is 9.59 Å². The van der Waals surface area contributed by atoms with Crippen molar-refractivity contribution < 1.29 is 19.4 Å². The van der Waals surface area contributed by atoms with Gasteiger partial charge in [-0.1, -0.05) is 32.0 Å². The van der Waals surface area contributed by atoms with Gasteiger partial charge in [0.25, 0.3) is 5.91 Å². The lowest BCUT2D eigenvalue weighted by molar-refractivity contribution is -0.139. The molecule has 0 radical (unpaired) electrons. The Labute approximate surface area is 125 Å². The molecule has 0 aliphatic rings. The largest absolute Gasteiger partial charge is 0.484 e. The molecule has 1 aromatic rings. The van der Waals surface area contributed by atoms with Gasteiger partial charge >= 0.3 is 5.97 Å². The molecule has 1 aromatic carbocycles. The minimum atomic E-state index is -0.902. The van der Waals surface area contributed by atoms with E-state index in [4.69, 9.17) is 9.84 Å². The quantitative estimate of drug-likeness (QED) is 0.759. The molecule has 0 aliphatic heterocycles. The van der Waals surface area contributed by atoms with E-state index in [1.165, 1.54) is 0 Å². The van der Waals surface area contributed by atoms with Crippen LogP contribution in [0, 0.1) is 5.92 Å². The van der Waals surface area contributed by atoms with Gasteiger partial charge in [-0.05, 0) is 24.5 Å². The maximum Gasteiger partial charge on any atom is 0.305 e. The second kappa shape index (κ2) is 9.00. The molecule has 0 heterocycles. The number of ether oxygens (including phenoxy) is 1. The fourth-order valence-corrected chi connectivity index (χ4v) is 1.76. The fraction of sp³-hybridized carbons (Fsp3) is 0.500. The highest BCUT2D eigenvalue weighted by atomic mass is 16.5. The minimum Gasteiger partial charge on any atom is -0.484 e. The highest BCUT2D eigenvalue weighted by Crippen LogP contribution is 2.09. The Hall–Kier alpha value is -2.04. The lowest BCUT2D eigenvalue weighted by atomic mass is 10.1. The number of hydrogen-bond donors (Lipinski definition) is 1. The Balaban J connectivity index is 2.50. The molecule has 0 unspecified atom stereocenters. The van der Waals surface area contributed by atoms with Gasteiger partial charge in [0.2, 0.25) is 0 Å². The summed E-state index contributed by atoms with van der Waals surface area (Å²) >= 11 is 0. The number of carbonyl (C=O) groups is 2. The van der Waals surface area contributed by atoms with Crippen LogP contribution in [0.1, 0.15) is 26.7 Å². The van der Waals surface area contributed by atoms with Crippen LogP contribution in [0.25, 0.3) is 0 Å². The molecule has 0 spiro atoms. The van der Waals surface area contributed by atoms with Crippen LogP contribution in [0.5, 0.6) is 5.75 Å². The monoisotopic (exact) mass is 293 g/mol. The van der Waals surface area contributed by atoms with Crippen molar-refractivity contribution in [2.24, 2.45) is 5.92 Å². The first kappa shape index (κ1) is 17.0. The standard InChI is InChI=1S/C16H23NO4/c1-13(2)8-10-17(11-9-16(19)20)15(18)12-21-14-6-4-3-5-7-14/h3-7,13H,8-12H2,1-2H3,(H,19,20). The molecule has 0 aromatic heterocycles. The zero-order valence-electron chi connectivity index (χ0n) is 12.6. The SMILES string of the molecule is CC(C)CCN(CCC(=O)O)C(=O)COc1ccccc1. The topological polar surface area (TPSA) is 66.8 Å². The molecule has 21 heavy (non-hydrogen) atoms. The third-order valence-corrected chi connectivity index (χ3v) is 3.03. The molecule has 5 heteroatoms. The molecule has 0 bridgehead atoms. The van der Waals surface area contributed by atoms with Gasteiger partial charge < -0.3 is 14.7 Å². The zero-order chi connectivity index (χ0) is 15.7. The van der Waals surface area contributed by atoms with Crippen molar-refractivity contribution in [1.82, 2.24) is 4.90 Å². The Morgan fingerprint density at radius 1 is 1.19 bits per heavy atom. The van der Waals surface area contributed by atoms with Crippen molar-refractivity contribution in [1.29, 1.82) is 0 Å². The number of nitrogens with zero attached hydrogens (tertiary/aromatic N) is 1. The molecule has 116 valence electrons. The summed E-state index contributed by atoms with van der Waals surface area (Å²) in [5, 5.41) is 8.76. The fourth-order valence-electron chi connectivity index (χ4n) is 1.76. The molecule has 0 saturated carbocycles. The molecular weight excluding hydrogens is 270 g/mol. The van der Waals surface area contributed by atoms with Crippen molar-refractivity contribution in [3.05, 3.63) is 30.3 Å². The molecule has 5 nitrogen and oxygen atoms in total. The molecule has 0 aliphatic carbocycles. The summed E-state index contributed by atoms with van der Waals surface area (Å²) in [6, 6.07) is 9.10. The first-order valence-corrected chi connectivity index (χ1v) is 7.16. The summed E-state index contributed by atoms with van der Waals surface area (Å²) in [7, 11) is 0. The molecule has 0 atom stereocenters. The van der Waals surface area contributed by atoms with Crippen LogP contribution >= 0.6 is 0 Å². The van der Waals surface area contributed by atoms with Crippen molar-refractivity contribution in [2.75, 3.05) is 19.7 Å². The van der Waals surface area contributed by atoms with E-state index in [1.807, 2.05) is 18.2 Å². The number of amides is 1. The summed E-state index contributed by atoms with van der Waals surface area (Å²) < 4.78 is 5.42. The van der Waals surface area contributed by atoms with Gasteiger partial charge in [0.15, 0.2) is 6.61 Å². The summed E-state index contributed by atoms with van der Waals surface area (Å²) in [6.07, 6.45) is 0.797. The molecule has 1 amide bonds. The smallest absolute Gasteiger partial charge is 0.305 e. The van der Waals surface area contributed by atoms with E-state index in [0.717, 1.165) is 6.42 Å². The lowest BCUT2D eigenvalue weighted by Crippen LogP contribution is -2.37. The average Bonchev–Trinajstić information content (AvgIpc) is 2.45. The third kappa shape index (κ3) is 7.34. The number of benzene rings is 1. The number of carboxylic acid groups (broad SMARTS) is 1. The van der Waals surface area contributed by atoms with E-state index in [2.05, 4.69) is 13.8 Å². The zero-order valence-corrected chi connectivity index (χ0v) is 12.6. The highest BCUT2D eigenvalue weighted by molar-refractivity contribution is 5.78. The summed E-state index contributed by atoms with van der Waals surface area (Å²) in [5.74, 6) is 0.00939. The normalized spacial score (nSPS) is 10.4. The molecular formula is C16H23NO4. The van der Waals surface area contributed by atoms with Gasteiger partial charge in [-0.15, -0.1) is 0 Å². The number of carboxylic acids is 1. The Kier molecular flexibility index (Phi) is 7.29. The molecule has 1 N–H and O–H groups in total. The van der Waals surface area contributed by atoms with Gasteiger partial charge in [0, 0.05) is 13.1 Å². The van der Waals surface area contributed by atoms with Crippen molar-refractivity contribution in [3.8, 4) is 5.75 Å². The molecule has 1 rings (SSSR count). The Morgan fingerprint density at radius 3 is 2.43 bits per heavy atom. The lowest BCUT2D eigenvalue weighted by Gasteiger charge is -2.23. The summed E-state index contributed by atoms with van der Waals surface area (Å²) in [4.78, 5) is 24.4. The van der Waals surface area contributed by atoms with Crippen LogP contribution < -0.4 is 4.74 Å². The second-order valence-corrected chi connectivity index (χ2v) is 5.31. The third-order valence-electron chi connectivity index (χ3n) is 3.03. The van der Waals surface area contributed by atoms with E-state index in [-0.39, 0.29) is 25.5 Å². The van der Waals surface area contributed by atoms with Gasteiger partial charge in [0.1, 0.15) is 5.75 Å². The van der Waals surface area contributed by atoms with Crippen molar-refractivity contribution >= 4 is 11.9 Å². The van der Waals surface area contributed by atoms with E-state index in [1.54, 1.807) is 17.0 Å². The summed E-state index contributed by atoms with van der Waals surface area (Å²) in [6.45, 7) is 4.85. The number of aliphatic carboxylic acids is 1. The van der Waals surface area contributed by atoms with Crippen LogP contribution in [0.3, 0.4) is 0 Å². The van der Waals surface area contributed by atoms with E-state index >= 15 is 0 Å². The minimum absolute atomic E-state index is 0.0465. The van der Waals surface area contributed by atoms with Crippen molar-refractivity contribution in [2.45, 2.75) is 26.7 Å². The van der Waals surface area contributed by atoms with Crippen LogP contribution in [-0.4, -0.2) is 41.6 Å². The highest BCUT2D eigenvalue weighted by Gasteiger charge is 2.15. The Bertz CT molecular complexity index is 445. The van der Waals surface area contributed by atoms with Gasteiger partial charge in [-0.2, -0.15) is 0 Å². The molecule has 0 saturated heterocycles. The molecule has 0 fully saturated rings. The number of para-hydroxylation sites is 1. The van der Waals surface area contributed by atoms with Crippen LogP contribution in [-0.2, 0) is 9.59 Å². The second-order valence-electron chi connectivity index (χ2n) is 5.31. The van der Waals surface area contributed by atoms with Crippen LogP contribution in [0.4, 0.5) is 0 Å². The first-order valence-electron chi connectivity index (χ1n) is 7.16. The van der Waals surface area contributed by atoms with Crippen LogP contribution in [0.2, 0.25) is 0 Å². The summed E-state index contributed by atoms with van der Waals surface area (Å²) in [5.41, 5.74) is 0. The maximum absolute atomic E-state index is 12.1.